The number of aryl methyl sites for hydroxylation is 1. The number of nitrogens with zero attached hydrogens (tertiary/aromatic N) is 3. The normalized spacial score (nSPS) is 11.3. The van der Waals surface area contributed by atoms with Crippen molar-refractivity contribution in [3.63, 3.8) is 0 Å². The standard InChI is InChI=1S/C18H16F3N5O3/c1-10-9-23-26-15(10)16-24-13(8-14(25-16)17(28)22-6-7-27)11-2-4-12(5-3-11)29-18(19,20)21/h2-5,8-9,27H,6-7H2,1H3,(H,22,28)(H,23,26). The lowest BCUT2D eigenvalue weighted by molar-refractivity contribution is -0.274. The van der Waals surface area contributed by atoms with E-state index in [4.69, 9.17) is 5.11 Å². The number of amides is 1. The van der Waals surface area contributed by atoms with Gasteiger partial charge in [0.2, 0.25) is 0 Å². The SMILES string of the molecule is Cc1cn[nH]c1-c1nc(C(=O)NCCO)cc(-c2ccc(OC(F)(F)F)cc2)n1. The van der Waals surface area contributed by atoms with Crippen molar-refractivity contribution in [1.82, 2.24) is 25.5 Å². The molecular formula is C18H16F3N5O3. The van der Waals surface area contributed by atoms with Crippen molar-refractivity contribution < 1.29 is 27.8 Å². The van der Waals surface area contributed by atoms with Gasteiger partial charge in [0.1, 0.15) is 17.1 Å². The number of aliphatic hydroxyl groups excluding tert-OH is 1. The van der Waals surface area contributed by atoms with E-state index in [9.17, 15) is 18.0 Å². The van der Waals surface area contributed by atoms with Gasteiger partial charge in [-0.3, -0.25) is 9.89 Å². The molecule has 2 heterocycles. The number of aromatic amines is 1. The van der Waals surface area contributed by atoms with Gasteiger partial charge in [0.05, 0.1) is 18.5 Å². The number of rotatable bonds is 6. The lowest BCUT2D eigenvalue weighted by atomic mass is 10.1. The van der Waals surface area contributed by atoms with E-state index in [2.05, 4.69) is 30.2 Å². The molecule has 1 aromatic carbocycles. The molecule has 0 radical (unpaired) electrons. The van der Waals surface area contributed by atoms with Crippen molar-refractivity contribution in [1.29, 1.82) is 0 Å². The number of halogens is 3. The number of aliphatic hydroxyl groups is 1. The summed E-state index contributed by atoms with van der Waals surface area (Å²) in [5, 5.41) is 18.1. The van der Waals surface area contributed by atoms with E-state index in [0.717, 1.165) is 17.7 Å². The van der Waals surface area contributed by atoms with Crippen LogP contribution in [0, 0.1) is 6.92 Å². The molecule has 3 aromatic rings. The van der Waals surface area contributed by atoms with Gasteiger partial charge in [-0.2, -0.15) is 5.10 Å². The van der Waals surface area contributed by atoms with E-state index in [1.807, 2.05) is 0 Å². The van der Waals surface area contributed by atoms with Crippen molar-refractivity contribution in [3.05, 3.63) is 47.8 Å². The van der Waals surface area contributed by atoms with Crippen LogP contribution >= 0.6 is 0 Å². The first-order valence-electron chi connectivity index (χ1n) is 8.41. The summed E-state index contributed by atoms with van der Waals surface area (Å²) in [5.74, 6) is -0.707. The molecule has 0 aliphatic carbocycles. The fourth-order valence-electron chi connectivity index (χ4n) is 2.48. The van der Waals surface area contributed by atoms with Crippen molar-refractivity contribution in [2.75, 3.05) is 13.2 Å². The number of nitrogens with one attached hydrogen (secondary N) is 2. The number of H-pyrrole nitrogens is 1. The smallest absolute Gasteiger partial charge is 0.406 e. The Morgan fingerprint density at radius 3 is 2.55 bits per heavy atom. The van der Waals surface area contributed by atoms with E-state index < -0.39 is 12.3 Å². The zero-order valence-corrected chi connectivity index (χ0v) is 15.1. The molecule has 29 heavy (non-hydrogen) atoms. The van der Waals surface area contributed by atoms with Crippen LogP contribution < -0.4 is 10.1 Å². The zero-order chi connectivity index (χ0) is 21.0. The number of hydrogen-bond donors (Lipinski definition) is 3. The Bertz CT molecular complexity index is 1000. The molecule has 0 spiro atoms. The molecule has 2 aromatic heterocycles. The minimum Gasteiger partial charge on any atom is -0.406 e. The first kappa shape index (κ1) is 20.3. The molecule has 0 unspecified atom stereocenters. The highest BCUT2D eigenvalue weighted by molar-refractivity contribution is 5.93. The molecule has 11 heteroatoms. The molecule has 8 nitrogen and oxygen atoms in total. The van der Waals surface area contributed by atoms with Crippen molar-refractivity contribution in [3.8, 4) is 28.5 Å². The van der Waals surface area contributed by atoms with Gasteiger partial charge < -0.3 is 15.2 Å². The van der Waals surface area contributed by atoms with Crippen LogP contribution in [0.25, 0.3) is 22.8 Å². The summed E-state index contributed by atoms with van der Waals surface area (Å²) >= 11 is 0. The second kappa shape index (κ2) is 8.27. The molecule has 3 rings (SSSR count). The van der Waals surface area contributed by atoms with Gasteiger partial charge in [-0.15, -0.1) is 13.2 Å². The molecule has 0 aliphatic rings. The number of hydrogen-bond acceptors (Lipinski definition) is 6. The van der Waals surface area contributed by atoms with Crippen LogP contribution in [0.5, 0.6) is 5.75 Å². The molecule has 0 saturated carbocycles. The first-order valence-corrected chi connectivity index (χ1v) is 8.41. The maximum Gasteiger partial charge on any atom is 0.573 e. The Kier molecular flexibility index (Phi) is 5.78. The Balaban J connectivity index is 2.01. The summed E-state index contributed by atoms with van der Waals surface area (Å²) in [6.45, 7) is 1.58. The fourth-order valence-corrected chi connectivity index (χ4v) is 2.48. The van der Waals surface area contributed by atoms with E-state index in [0.29, 0.717) is 17.0 Å². The highest BCUT2D eigenvalue weighted by atomic mass is 19.4. The van der Waals surface area contributed by atoms with Gasteiger partial charge in [-0.05, 0) is 42.8 Å². The predicted octanol–water partition coefficient (Wildman–Crippen LogP) is 2.46. The number of alkyl halides is 3. The van der Waals surface area contributed by atoms with Crippen LogP contribution in [0.4, 0.5) is 13.2 Å². The predicted molar refractivity (Wildman–Crippen MR) is 95.9 cm³/mol. The molecule has 0 fully saturated rings. The van der Waals surface area contributed by atoms with Crippen LogP contribution in [0.2, 0.25) is 0 Å². The van der Waals surface area contributed by atoms with Gasteiger partial charge >= 0.3 is 6.36 Å². The summed E-state index contributed by atoms with van der Waals surface area (Å²) in [6, 6.07) is 6.49. The molecule has 0 aliphatic heterocycles. The molecule has 152 valence electrons. The highest BCUT2D eigenvalue weighted by Crippen LogP contribution is 2.27. The quantitative estimate of drug-likeness (QED) is 0.579. The average Bonchev–Trinajstić information content (AvgIpc) is 3.11. The Labute approximate surface area is 162 Å². The number of benzene rings is 1. The number of carbonyl (C=O) groups is 1. The first-order chi connectivity index (χ1) is 13.8. The number of aromatic nitrogens is 4. The largest absolute Gasteiger partial charge is 0.573 e. The Morgan fingerprint density at radius 1 is 1.24 bits per heavy atom. The second-order valence-corrected chi connectivity index (χ2v) is 5.94. The maximum atomic E-state index is 12.3. The molecule has 0 bridgehead atoms. The third-order valence-electron chi connectivity index (χ3n) is 3.79. The van der Waals surface area contributed by atoms with E-state index in [-0.39, 0.29) is 30.4 Å². The minimum atomic E-state index is -4.79. The molecular weight excluding hydrogens is 391 g/mol. The lowest BCUT2D eigenvalue weighted by Crippen LogP contribution is -2.27. The third kappa shape index (κ3) is 5.08. The molecule has 0 saturated heterocycles. The molecule has 1 amide bonds. The van der Waals surface area contributed by atoms with Gasteiger partial charge in [-0.25, -0.2) is 9.97 Å². The summed E-state index contributed by atoms with van der Waals surface area (Å²) in [4.78, 5) is 21.0. The number of ether oxygens (including phenoxy) is 1. The van der Waals surface area contributed by atoms with Gasteiger partial charge in [-0.1, -0.05) is 0 Å². The molecule has 0 atom stereocenters. The monoisotopic (exact) mass is 407 g/mol. The summed E-state index contributed by atoms with van der Waals surface area (Å²) in [7, 11) is 0. The van der Waals surface area contributed by atoms with E-state index >= 15 is 0 Å². The minimum absolute atomic E-state index is 0.0306. The van der Waals surface area contributed by atoms with Crippen LogP contribution in [-0.2, 0) is 0 Å². The van der Waals surface area contributed by atoms with Crippen LogP contribution in [0.1, 0.15) is 16.1 Å². The topological polar surface area (TPSA) is 113 Å². The molecule has 3 N–H and O–H groups in total. The van der Waals surface area contributed by atoms with Crippen LogP contribution in [0.3, 0.4) is 0 Å². The van der Waals surface area contributed by atoms with Crippen molar-refractivity contribution in [2.24, 2.45) is 0 Å². The Hall–Kier alpha value is -3.47. The third-order valence-corrected chi connectivity index (χ3v) is 3.79. The Morgan fingerprint density at radius 2 is 1.97 bits per heavy atom. The van der Waals surface area contributed by atoms with Gasteiger partial charge in [0, 0.05) is 12.1 Å². The summed E-state index contributed by atoms with van der Waals surface area (Å²) in [6.07, 6.45) is -3.22. The van der Waals surface area contributed by atoms with Gasteiger partial charge in [0.25, 0.3) is 5.91 Å². The summed E-state index contributed by atoms with van der Waals surface area (Å²) < 4.78 is 40.9. The van der Waals surface area contributed by atoms with Crippen molar-refractivity contribution in [2.45, 2.75) is 13.3 Å². The van der Waals surface area contributed by atoms with Crippen molar-refractivity contribution >= 4 is 5.91 Å². The second-order valence-electron chi connectivity index (χ2n) is 5.94. The summed E-state index contributed by atoms with van der Waals surface area (Å²) in [5.41, 5.74) is 2.05. The van der Waals surface area contributed by atoms with E-state index in [1.54, 1.807) is 13.1 Å². The fraction of sp³-hybridized carbons (Fsp3) is 0.222. The number of carbonyl (C=O) groups excluding carboxylic acids is 1. The zero-order valence-electron chi connectivity index (χ0n) is 15.1. The highest BCUT2D eigenvalue weighted by Gasteiger charge is 2.31. The van der Waals surface area contributed by atoms with Gasteiger partial charge in [0.15, 0.2) is 5.82 Å². The van der Waals surface area contributed by atoms with Crippen LogP contribution in [-0.4, -0.2) is 50.7 Å². The van der Waals surface area contributed by atoms with Crippen LogP contribution in [0.15, 0.2) is 36.5 Å². The average molecular weight is 407 g/mol. The van der Waals surface area contributed by atoms with E-state index in [1.165, 1.54) is 18.2 Å². The maximum absolute atomic E-state index is 12.3. The lowest BCUT2D eigenvalue weighted by Gasteiger charge is -2.11.